The second-order valence-electron chi connectivity index (χ2n) is 22.0. The molecular weight excluding hydrogens is 1530 g/mol. The molecule has 22 unspecified atom stereocenters. The fourth-order valence-electron chi connectivity index (χ4n) is 10.5. The van der Waals surface area contributed by atoms with E-state index in [0.29, 0.717) is 0 Å². The van der Waals surface area contributed by atoms with Crippen LogP contribution in [0.4, 0.5) is 0 Å². The van der Waals surface area contributed by atoms with Crippen LogP contribution in [-0.4, -0.2) is 340 Å². The summed E-state index contributed by atoms with van der Waals surface area (Å²) in [5.74, 6) is 0. The predicted molar refractivity (Wildman–Crippen MR) is 250 cm³/mol. The van der Waals surface area contributed by atoms with Crippen molar-refractivity contribution in [3.8, 4) is 0 Å². The Morgan fingerprint density at radius 1 is 0.333 bits per heavy atom. The molecule has 81 heavy (non-hydrogen) atoms. The maximum Gasteiger partial charge on any atom is 0.187 e. The molecule has 468 valence electrons. The topological polar surface area (TPSA) is 532 Å². The number of rotatable bonds is 17. The average molecular weight is 1610 g/mol. The van der Waals surface area contributed by atoms with E-state index in [1.807, 2.05) is 0 Å². The Kier molecular flexibility index (Phi) is 28.1. The number of ether oxygens (including phenoxy) is 13. The molecule has 0 aromatic rings. The third-order valence-corrected chi connectivity index (χ3v) is 15.4. The first-order valence-corrected chi connectivity index (χ1v) is 26.0. The minimum Gasteiger partial charge on any atom is -0.668 e. The van der Waals surface area contributed by atoms with E-state index in [1.165, 1.54) is 13.8 Å². The smallest absolute Gasteiger partial charge is 0.187 e. The van der Waals surface area contributed by atoms with E-state index in [4.69, 9.17) is 61.6 Å². The third kappa shape index (κ3) is 15.8. The van der Waals surface area contributed by atoms with E-state index in [1.54, 1.807) is 20.8 Å². The third-order valence-electron chi connectivity index (χ3n) is 15.4. The van der Waals surface area contributed by atoms with E-state index < -0.39 is 253 Å². The Morgan fingerprint density at radius 3 is 1.04 bits per heavy atom. The molecule has 35 heteroatoms. The quantitative estimate of drug-likeness (QED) is 0.0643. The van der Waals surface area contributed by atoms with Gasteiger partial charge in [-0.25, -0.2) is 0 Å². The monoisotopic (exact) mass is 1610 g/mol. The zero-order valence-electron chi connectivity index (χ0n) is 44.8. The van der Waals surface area contributed by atoms with E-state index in [9.17, 15) is 103 Å². The molecule has 7 aliphatic rings. The van der Waals surface area contributed by atoms with Crippen LogP contribution in [0.25, 0.3) is 11.5 Å². The Labute approximate surface area is 536 Å². The first kappa shape index (κ1) is 73.3. The number of aliphatic hydroxyl groups excluding tert-OH is 18. The summed E-state index contributed by atoms with van der Waals surface area (Å²) in [6.07, 6.45) is -57.9. The van der Waals surface area contributed by atoms with E-state index in [0.717, 1.165) is 0 Å². The van der Waals surface area contributed by atoms with Crippen molar-refractivity contribution >= 4 is 0 Å². The van der Waals surface area contributed by atoms with Gasteiger partial charge >= 0.3 is 0 Å². The van der Waals surface area contributed by atoms with Crippen LogP contribution in [0, 0.1) is 93.5 Å². The van der Waals surface area contributed by atoms with Crippen LogP contribution in [-0.2, 0) is 61.6 Å². The molecule has 0 bridgehead atoms. The van der Waals surface area contributed by atoms with Gasteiger partial charge in [-0.05, 0) is 19.3 Å². The zero-order chi connectivity index (χ0) is 58.4. The van der Waals surface area contributed by atoms with Gasteiger partial charge in [-0.3, -0.25) is 0 Å². The molecule has 20 N–H and O–H groups in total. The van der Waals surface area contributed by atoms with Gasteiger partial charge in [0.15, 0.2) is 25.2 Å². The van der Waals surface area contributed by atoms with Crippen molar-refractivity contribution in [1.82, 2.24) is 0 Å². The summed E-state index contributed by atoms with van der Waals surface area (Å²) < 4.78 is 76.8. The number of aliphatic hydroxyl groups is 18. The van der Waals surface area contributed by atoms with Gasteiger partial charge in [-0.15, -0.1) is 0 Å². The van der Waals surface area contributed by atoms with Crippen LogP contribution < -0.4 is 0 Å². The molecule has 0 amide bonds. The van der Waals surface area contributed by atoms with Crippen molar-refractivity contribution in [3.63, 3.8) is 0 Å². The van der Waals surface area contributed by atoms with Crippen LogP contribution in [0.3, 0.4) is 0 Å². The summed E-state index contributed by atoms with van der Waals surface area (Å²) in [6.45, 7) is 3.17. The summed E-state index contributed by atoms with van der Waals surface area (Å²) in [7, 11) is 0. The summed E-state index contributed by atoms with van der Waals surface area (Å²) in [5.41, 5.74) is 17.8. The van der Waals surface area contributed by atoms with Crippen LogP contribution in [0.5, 0.6) is 0 Å². The second kappa shape index (κ2) is 31.1. The van der Waals surface area contributed by atoms with Crippen LogP contribution in [0.1, 0.15) is 34.6 Å². The van der Waals surface area contributed by atoms with Crippen molar-refractivity contribution in [2.45, 2.75) is 249 Å². The molecule has 0 saturated carbocycles. The Bertz CT molecular complexity index is 1900. The van der Waals surface area contributed by atoms with Crippen LogP contribution in [0.15, 0.2) is 0 Å². The molecule has 7 rings (SSSR count). The van der Waals surface area contributed by atoms with Crippen LogP contribution in [0.2, 0.25) is 0 Å². The van der Waals surface area contributed by atoms with E-state index >= 15 is 0 Å². The standard InChI is InChI=1S/C46H80N2O31.2Ac/c1-11-20(53)25(58)29(62)42(68-11)75-35-16(9-52)74-41(19(48)37(35)78-45-32(65)28(61)23(56)14(7-50)72-45)79-38-24(57)17(70-39(33(38)66)46(3,4)5)10-67-40-18(47)36(77-43-30(63)26(59)21(54)12(2)69-43)34(15(8-51)73-40)76-44-31(64)27(60)22(55)13(6-49)71-44;;/h11-45,47-66H,6-10H2,1-5H3;;/q-2;;/t11?,12?,13?,14?,15?,16?,17?,18?,19?,20-,21+,22-,23-,24-,25?,26?,27?,28?,29?,30?,31?,32?,33?,34-,35-,36?,37?,38?,39+,40+,41-,42-,43?,44-,45-;;/m0../s1. The first-order valence-electron chi connectivity index (χ1n) is 26.0. The molecule has 7 fully saturated rings. The molecule has 0 spiro atoms. The van der Waals surface area contributed by atoms with Crippen LogP contribution >= 0.6 is 0 Å². The molecule has 33 nitrogen and oxygen atoms in total. The van der Waals surface area contributed by atoms with Gasteiger partial charge in [0.05, 0.1) is 63.6 Å². The summed E-state index contributed by atoms with van der Waals surface area (Å²) in [5, 5.41) is 193. The fourth-order valence-corrected chi connectivity index (χ4v) is 10.5. The summed E-state index contributed by atoms with van der Waals surface area (Å²) >= 11 is 0. The normalized spacial score (nSPS) is 51.9. The molecule has 2 radical (unpaired) electrons. The minimum absolute atomic E-state index is 0. The van der Waals surface area contributed by atoms with Gasteiger partial charge in [0.2, 0.25) is 0 Å². The zero-order valence-corrected chi connectivity index (χ0v) is 54.2. The molecular formula is C46H80Ac2N2O31-2. The van der Waals surface area contributed by atoms with Gasteiger partial charge < -0.3 is 165 Å². The maximum atomic E-state index is 12.1. The van der Waals surface area contributed by atoms with Gasteiger partial charge in [0, 0.05) is 88.1 Å². The van der Waals surface area contributed by atoms with E-state index in [2.05, 4.69) is 0 Å². The van der Waals surface area contributed by atoms with Gasteiger partial charge in [0.25, 0.3) is 0 Å². The van der Waals surface area contributed by atoms with Gasteiger partial charge in [-0.2, -0.15) is 0 Å². The molecule has 7 heterocycles. The molecule has 0 aliphatic carbocycles. The average Bonchev–Trinajstić information content (AvgIpc) is 3.49. The fraction of sp³-hybridized carbons (Fsp3) is 1.00. The largest absolute Gasteiger partial charge is 0.668 e. The Morgan fingerprint density at radius 2 is 0.654 bits per heavy atom. The summed E-state index contributed by atoms with van der Waals surface area (Å²) in [4.78, 5) is 0. The number of nitrogens with one attached hydrogen (secondary N) is 2. The molecule has 0 aromatic heterocycles. The van der Waals surface area contributed by atoms with Crippen molar-refractivity contribution in [1.29, 1.82) is 0 Å². The minimum atomic E-state index is -2.06. The second-order valence-corrected chi connectivity index (χ2v) is 22.0. The van der Waals surface area contributed by atoms with Gasteiger partial charge in [0.1, 0.15) is 147 Å². The number of hydrogen-bond donors (Lipinski definition) is 18. The van der Waals surface area contributed by atoms with Crippen molar-refractivity contribution in [2.24, 2.45) is 5.41 Å². The first-order chi connectivity index (χ1) is 37.1. The van der Waals surface area contributed by atoms with E-state index in [-0.39, 0.29) is 88.1 Å². The SMILES string of the molecule is CC1OC(OC2C([NH-])[C@H](OCC3O[C@@H](C(C)(C)C)C(O)C(O[C@@H]4OC(CO)[C@H](O[C@@H]5OC(C)[C@H](O)C(O)C5O)C(O[C@@H]5OC(CO)[C@H](O)C(O)C5O)C4[NH-])[C@H]3O)OC(CO)[C@@H]2O[C@@H]2OC(CO)[C@H](O)C(O)C2O)C(O)C(O)[C@@H]1O.[Ac].[Ac]. The Balaban J connectivity index is 0.00000602. The van der Waals surface area contributed by atoms with Crippen molar-refractivity contribution < 1.29 is 242 Å². The molecule has 7 aliphatic heterocycles. The van der Waals surface area contributed by atoms with Crippen molar-refractivity contribution in [2.75, 3.05) is 33.0 Å². The predicted octanol–water partition coefficient (Wildman–Crippen LogP) is -10.0. The molecule has 7 saturated heterocycles. The molecule has 35 atom stereocenters. The molecule has 0 aromatic carbocycles. The van der Waals surface area contributed by atoms with Crippen molar-refractivity contribution in [3.05, 3.63) is 11.5 Å². The van der Waals surface area contributed by atoms with Gasteiger partial charge in [-0.1, -0.05) is 32.9 Å². The Hall–Kier alpha value is 1.56. The number of hydrogen-bond acceptors (Lipinski definition) is 31. The summed E-state index contributed by atoms with van der Waals surface area (Å²) in [6, 6.07) is -3.81. The maximum absolute atomic E-state index is 12.1.